The van der Waals surface area contributed by atoms with E-state index in [0.717, 1.165) is 12.8 Å². The molecule has 0 bridgehead atoms. The van der Waals surface area contributed by atoms with E-state index in [-0.39, 0.29) is 30.3 Å². The van der Waals surface area contributed by atoms with E-state index in [1.807, 2.05) is 23.6 Å². The van der Waals surface area contributed by atoms with Crippen molar-refractivity contribution in [2.45, 2.75) is 77.9 Å². The van der Waals surface area contributed by atoms with Crippen LogP contribution >= 0.6 is 0 Å². The van der Waals surface area contributed by atoms with Crippen molar-refractivity contribution in [2.24, 2.45) is 0 Å². The van der Waals surface area contributed by atoms with Gasteiger partial charge >= 0.3 is 6.09 Å². The molecule has 0 N–H and O–H groups in total. The second kappa shape index (κ2) is 9.87. The minimum absolute atomic E-state index is 0.00864. The summed E-state index contributed by atoms with van der Waals surface area (Å²) in [4.78, 5) is 47.2. The molecule has 32 heavy (non-hydrogen) atoms. The molecule has 1 aromatic rings. The number of nitrogens with zero attached hydrogens (tertiary/aromatic N) is 5. The summed E-state index contributed by atoms with van der Waals surface area (Å²) in [5.74, 6) is 1.23. The number of aryl methyl sites for hydroxylation is 1. The zero-order valence-corrected chi connectivity index (χ0v) is 19.8. The molecule has 0 unspecified atom stereocenters. The molecule has 3 rings (SSSR count). The Hall–Kier alpha value is -2.65. The summed E-state index contributed by atoms with van der Waals surface area (Å²) in [5, 5.41) is 3.93. The number of carbonyl (C=O) groups excluding carboxylic acids is 3. The summed E-state index contributed by atoms with van der Waals surface area (Å²) in [7, 11) is 0. The van der Waals surface area contributed by atoms with E-state index in [2.05, 4.69) is 10.1 Å². The van der Waals surface area contributed by atoms with Gasteiger partial charge in [-0.05, 0) is 33.6 Å². The Balaban J connectivity index is 1.50. The van der Waals surface area contributed by atoms with Crippen LogP contribution in [-0.2, 0) is 20.7 Å². The molecule has 0 radical (unpaired) electrons. The molecule has 1 aromatic heterocycles. The van der Waals surface area contributed by atoms with Gasteiger partial charge in [-0.25, -0.2) is 4.79 Å². The summed E-state index contributed by atoms with van der Waals surface area (Å²) in [6.07, 6.45) is 1.94. The molecule has 2 aliphatic heterocycles. The van der Waals surface area contributed by atoms with Crippen LogP contribution in [0, 0.1) is 0 Å². The lowest BCUT2D eigenvalue weighted by atomic mass is 10.0. The van der Waals surface area contributed by atoms with E-state index >= 15 is 0 Å². The third kappa shape index (κ3) is 6.20. The molecule has 10 heteroatoms. The van der Waals surface area contributed by atoms with Crippen molar-refractivity contribution in [3.05, 3.63) is 11.7 Å². The average Bonchev–Trinajstić information content (AvgIpc) is 3.20. The third-order valence-corrected chi connectivity index (χ3v) is 5.65. The largest absolute Gasteiger partial charge is 0.444 e. The number of aromatic nitrogens is 2. The van der Waals surface area contributed by atoms with Crippen LogP contribution in [0.4, 0.5) is 4.79 Å². The summed E-state index contributed by atoms with van der Waals surface area (Å²) in [6, 6.07) is -0.0306. The maximum absolute atomic E-state index is 12.8. The molecular weight excluding hydrogens is 414 g/mol. The smallest absolute Gasteiger partial charge is 0.410 e. The van der Waals surface area contributed by atoms with Crippen molar-refractivity contribution in [3.63, 3.8) is 0 Å². The Labute approximate surface area is 189 Å². The Morgan fingerprint density at radius 1 is 1.19 bits per heavy atom. The van der Waals surface area contributed by atoms with Crippen molar-refractivity contribution in [3.8, 4) is 0 Å². The highest BCUT2D eigenvalue weighted by Gasteiger charge is 2.36. The lowest BCUT2D eigenvalue weighted by molar-refractivity contribution is -0.143. The standard InChI is InChI=1S/C22H35N5O5/c1-15(2)20-23-17(32-24-20)8-9-18(28)25-10-6-7-16(13-25)27-12-11-26(14-19(27)29)21(30)31-22(3,4)5/h15-16H,6-14H2,1-5H3/t16-/m1/s1. The fraction of sp³-hybridized carbons (Fsp3) is 0.773. The van der Waals surface area contributed by atoms with Gasteiger partial charge in [-0.3, -0.25) is 14.5 Å². The first-order chi connectivity index (χ1) is 15.0. The van der Waals surface area contributed by atoms with Crippen LogP contribution in [0.15, 0.2) is 4.52 Å². The molecule has 2 fully saturated rings. The Morgan fingerprint density at radius 3 is 2.56 bits per heavy atom. The fourth-order valence-corrected chi connectivity index (χ4v) is 3.97. The van der Waals surface area contributed by atoms with Gasteiger partial charge in [-0.1, -0.05) is 19.0 Å². The molecule has 0 aromatic carbocycles. The van der Waals surface area contributed by atoms with E-state index in [4.69, 9.17) is 9.26 Å². The van der Waals surface area contributed by atoms with E-state index in [1.54, 1.807) is 20.8 Å². The monoisotopic (exact) mass is 449 g/mol. The SMILES string of the molecule is CC(C)c1noc(CCC(=O)N2CCC[C@@H](N3CCN(C(=O)OC(C)(C)C)CC3=O)C2)n1. The number of likely N-dealkylation sites (tertiary alicyclic amines) is 1. The molecule has 0 saturated carbocycles. The van der Waals surface area contributed by atoms with Gasteiger partial charge in [-0.15, -0.1) is 0 Å². The molecule has 178 valence electrons. The summed E-state index contributed by atoms with van der Waals surface area (Å²) < 4.78 is 10.6. The third-order valence-electron chi connectivity index (χ3n) is 5.65. The van der Waals surface area contributed by atoms with Gasteiger partial charge in [-0.2, -0.15) is 4.98 Å². The first kappa shape index (κ1) is 24.0. The predicted molar refractivity (Wildman–Crippen MR) is 116 cm³/mol. The Bertz CT molecular complexity index is 831. The highest BCUT2D eigenvalue weighted by Crippen LogP contribution is 2.21. The summed E-state index contributed by atoms with van der Waals surface area (Å²) in [5.41, 5.74) is -0.598. The number of ether oxygens (including phenoxy) is 1. The van der Waals surface area contributed by atoms with Gasteiger partial charge < -0.3 is 19.1 Å². The second-order valence-corrected chi connectivity index (χ2v) is 9.83. The fourth-order valence-electron chi connectivity index (χ4n) is 3.97. The zero-order chi connectivity index (χ0) is 23.5. The maximum Gasteiger partial charge on any atom is 0.410 e. The van der Waals surface area contributed by atoms with Crippen LogP contribution in [0.2, 0.25) is 0 Å². The summed E-state index contributed by atoms with van der Waals surface area (Å²) in [6.45, 7) is 11.5. The highest BCUT2D eigenvalue weighted by molar-refractivity contribution is 5.84. The van der Waals surface area contributed by atoms with Crippen molar-refractivity contribution >= 4 is 17.9 Å². The summed E-state index contributed by atoms with van der Waals surface area (Å²) >= 11 is 0. The number of piperidine rings is 1. The predicted octanol–water partition coefficient (Wildman–Crippen LogP) is 2.20. The number of rotatable bonds is 5. The molecule has 0 spiro atoms. The minimum atomic E-state index is -0.598. The first-order valence-electron chi connectivity index (χ1n) is 11.4. The van der Waals surface area contributed by atoms with E-state index in [1.165, 1.54) is 4.90 Å². The highest BCUT2D eigenvalue weighted by atomic mass is 16.6. The molecule has 0 aliphatic carbocycles. The normalized spacial score (nSPS) is 20.1. The zero-order valence-electron chi connectivity index (χ0n) is 19.8. The van der Waals surface area contributed by atoms with Crippen LogP contribution < -0.4 is 0 Å². The van der Waals surface area contributed by atoms with E-state index < -0.39 is 11.7 Å². The lowest BCUT2D eigenvalue weighted by Crippen LogP contribution is -2.59. The molecular formula is C22H35N5O5. The van der Waals surface area contributed by atoms with Crippen LogP contribution in [0.5, 0.6) is 0 Å². The first-order valence-corrected chi connectivity index (χ1v) is 11.4. The molecule has 10 nitrogen and oxygen atoms in total. The molecule has 3 heterocycles. The molecule has 1 atom stereocenters. The van der Waals surface area contributed by atoms with Gasteiger partial charge in [0, 0.05) is 51.0 Å². The lowest BCUT2D eigenvalue weighted by Gasteiger charge is -2.43. The Morgan fingerprint density at radius 2 is 1.94 bits per heavy atom. The van der Waals surface area contributed by atoms with Crippen molar-refractivity contribution in [1.29, 1.82) is 0 Å². The van der Waals surface area contributed by atoms with Crippen molar-refractivity contribution in [2.75, 3.05) is 32.7 Å². The Kier molecular flexibility index (Phi) is 7.40. The van der Waals surface area contributed by atoms with Crippen LogP contribution in [0.25, 0.3) is 0 Å². The minimum Gasteiger partial charge on any atom is -0.444 e. The van der Waals surface area contributed by atoms with Crippen molar-refractivity contribution in [1.82, 2.24) is 24.8 Å². The average molecular weight is 450 g/mol. The number of carbonyl (C=O) groups is 3. The molecule has 3 amide bonds. The number of piperazine rings is 1. The van der Waals surface area contributed by atoms with Gasteiger partial charge in [0.1, 0.15) is 12.1 Å². The number of hydrogen-bond acceptors (Lipinski definition) is 7. The van der Waals surface area contributed by atoms with Gasteiger partial charge in [0.25, 0.3) is 0 Å². The van der Waals surface area contributed by atoms with Crippen LogP contribution in [-0.4, -0.2) is 87.1 Å². The maximum atomic E-state index is 12.8. The van der Waals surface area contributed by atoms with Crippen molar-refractivity contribution < 1.29 is 23.6 Å². The van der Waals surface area contributed by atoms with Gasteiger partial charge in [0.15, 0.2) is 5.82 Å². The van der Waals surface area contributed by atoms with Gasteiger partial charge in [0.2, 0.25) is 17.7 Å². The number of hydrogen-bond donors (Lipinski definition) is 0. The van der Waals surface area contributed by atoms with E-state index in [9.17, 15) is 14.4 Å². The van der Waals surface area contributed by atoms with Gasteiger partial charge in [0.05, 0.1) is 0 Å². The van der Waals surface area contributed by atoms with Crippen LogP contribution in [0.1, 0.15) is 71.5 Å². The molecule has 2 aliphatic rings. The second-order valence-electron chi connectivity index (χ2n) is 9.83. The number of amides is 3. The van der Waals surface area contributed by atoms with Crippen LogP contribution in [0.3, 0.4) is 0 Å². The quantitative estimate of drug-likeness (QED) is 0.678. The molecule has 2 saturated heterocycles. The van der Waals surface area contributed by atoms with E-state index in [0.29, 0.717) is 50.7 Å². The topological polar surface area (TPSA) is 109 Å².